The minimum Gasteiger partial charge on any atom is -0.320 e. The summed E-state index contributed by atoms with van der Waals surface area (Å²) in [6.07, 6.45) is 4.42. The Balaban J connectivity index is 2.18. The molecule has 0 amide bonds. The highest BCUT2D eigenvalue weighted by atomic mass is 32.2. The molecule has 2 heterocycles. The molecule has 1 aliphatic rings. The molecule has 0 unspecified atom stereocenters. The summed E-state index contributed by atoms with van der Waals surface area (Å²) >= 11 is 1.82. The highest BCUT2D eigenvalue weighted by Gasteiger charge is 2.19. The fourth-order valence-electron chi connectivity index (χ4n) is 1.55. The van der Waals surface area contributed by atoms with Gasteiger partial charge in [0.15, 0.2) is 0 Å². The third-order valence-electron chi connectivity index (χ3n) is 2.22. The Bertz CT molecular complexity index is 434. The van der Waals surface area contributed by atoms with E-state index in [4.69, 9.17) is 0 Å². The monoisotopic (exact) mass is 247 g/mol. The predicted molar refractivity (Wildman–Crippen MR) is 59.6 cm³/mol. The molecule has 2 rings (SSSR count). The van der Waals surface area contributed by atoms with Crippen LogP contribution in [0.5, 0.6) is 0 Å². The quantitative estimate of drug-likeness (QED) is 0.811. The van der Waals surface area contributed by atoms with Gasteiger partial charge in [-0.3, -0.25) is 0 Å². The van der Waals surface area contributed by atoms with Gasteiger partial charge in [0.2, 0.25) is 15.0 Å². The molecule has 0 radical (unpaired) electrons. The van der Waals surface area contributed by atoms with Crippen LogP contribution < -0.4 is 5.32 Å². The lowest BCUT2D eigenvalue weighted by Crippen LogP contribution is -2.29. The van der Waals surface area contributed by atoms with Crippen molar-refractivity contribution in [2.24, 2.45) is 0 Å². The van der Waals surface area contributed by atoms with Gasteiger partial charge in [-0.1, -0.05) is 0 Å². The average molecular weight is 247 g/mol. The highest BCUT2D eigenvalue weighted by Crippen LogP contribution is 2.13. The Labute approximate surface area is 93.2 Å². The second-order valence-corrected chi connectivity index (χ2v) is 6.49. The van der Waals surface area contributed by atoms with Gasteiger partial charge in [0.25, 0.3) is 0 Å². The zero-order chi connectivity index (χ0) is 10.9. The van der Waals surface area contributed by atoms with E-state index in [2.05, 4.69) is 10.3 Å². The van der Waals surface area contributed by atoms with Crippen molar-refractivity contribution in [1.82, 2.24) is 14.9 Å². The molecule has 0 spiro atoms. The summed E-state index contributed by atoms with van der Waals surface area (Å²) < 4.78 is 24.5. The Morgan fingerprint density at radius 2 is 2.53 bits per heavy atom. The van der Waals surface area contributed by atoms with Gasteiger partial charge >= 0.3 is 0 Å². The van der Waals surface area contributed by atoms with Crippen molar-refractivity contribution in [3.63, 3.8) is 0 Å². The molecule has 0 saturated carbocycles. The fraction of sp³-hybridized carbons (Fsp3) is 0.625. The number of nitrogens with one attached hydrogen (secondary N) is 1. The molecule has 0 aliphatic carbocycles. The van der Waals surface area contributed by atoms with Crippen LogP contribution in [0.15, 0.2) is 17.6 Å². The van der Waals surface area contributed by atoms with Gasteiger partial charge in [-0.2, -0.15) is 0 Å². The maximum atomic E-state index is 11.4. The third-order valence-corrected chi connectivity index (χ3v) is 4.23. The summed E-state index contributed by atoms with van der Waals surface area (Å²) in [4.78, 5) is 3.87. The molecule has 1 N–H and O–H groups in total. The standard InChI is InChI=1S/C8H13N3O2S2/c1-15(12,13)8-9-2-3-11(8)4-7-5-14-6-10-7/h2-3,7,10H,4-6H2,1H3/t7-/m0/s1. The van der Waals surface area contributed by atoms with E-state index in [9.17, 15) is 8.42 Å². The first-order valence-electron chi connectivity index (χ1n) is 4.59. The van der Waals surface area contributed by atoms with Crippen LogP contribution in [0.4, 0.5) is 0 Å². The summed E-state index contributed by atoms with van der Waals surface area (Å²) in [6.45, 7) is 0.662. The fourth-order valence-corrected chi connectivity index (χ4v) is 3.35. The highest BCUT2D eigenvalue weighted by molar-refractivity contribution is 7.99. The van der Waals surface area contributed by atoms with E-state index in [1.165, 1.54) is 12.5 Å². The normalized spacial score (nSPS) is 22.1. The largest absolute Gasteiger partial charge is 0.320 e. The molecule has 1 fully saturated rings. The van der Waals surface area contributed by atoms with Crippen LogP contribution in [-0.4, -0.2) is 41.9 Å². The van der Waals surface area contributed by atoms with E-state index in [1.807, 2.05) is 11.8 Å². The van der Waals surface area contributed by atoms with Gasteiger partial charge in [-0.25, -0.2) is 13.4 Å². The Hall–Kier alpha value is -0.530. The SMILES string of the molecule is CS(=O)(=O)c1nccn1C[C@H]1CSCN1. The number of nitrogens with zero attached hydrogens (tertiary/aromatic N) is 2. The second-order valence-electron chi connectivity index (χ2n) is 3.55. The van der Waals surface area contributed by atoms with Crippen molar-refractivity contribution in [3.05, 3.63) is 12.4 Å². The maximum absolute atomic E-state index is 11.4. The lowest BCUT2D eigenvalue weighted by molar-refractivity contribution is 0.493. The second kappa shape index (κ2) is 4.15. The molecular weight excluding hydrogens is 234 g/mol. The van der Waals surface area contributed by atoms with Crippen LogP contribution in [-0.2, 0) is 16.4 Å². The maximum Gasteiger partial charge on any atom is 0.227 e. The van der Waals surface area contributed by atoms with Crippen LogP contribution in [0.3, 0.4) is 0 Å². The zero-order valence-corrected chi connectivity index (χ0v) is 10.0. The van der Waals surface area contributed by atoms with Crippen molar-refractivity contribution < 1.29 is 8.42 Å². The van der Waals surface area contributed by atoms with Crippen LogP contribution in [0.2, 0.25) is 0 Å². The average Bonchev–Trinajstić information content (AvgIpc) is 2.73. The third kappa shape index (κ3) is 2.53. The smallest absolute Gasteiger partial charge is 0.227 e. The molecule has 1 aromatic rings. The molecule has 0 bridgehead atoms. The molecule has 5 nitrogen and oxygen atoms in total. The minimum absolute atomic E-state index is 0.154. The van der Waals surface area contributed by atoms with Crippen molar-refractivity contribution in [1.29, 1.82) is 0 Å². The van der Waals surface area contributed by atoms with E-state index in [1.54, 1.807) is 10.8 Å². The van der Waals surface area contributed by atoms with Crippen LogP contribution >= 0.6 is 11.8 Å². The van der Waals surface area contributed by atoms with Gasteiger partial charge < -0.3 is 9.88 Å². The van der Waals surface area contributed by atoms with Gasteiger partial charge in [-0.15, -0.1) is 11.8 Å². The zero-order valence-electron chi connectivity index (χ0n) is 8.38. The summed E-state index contributed by atoms with van der Waals surface area (Å²) in [5.74, 6) is 1.95. The number of aromatic nitrogens is 2. The van der Waals surface area contributed by atoms with Crippen LogP contribution in [0, 0.1) is 0 Å². The lowest BCUT2D eigenvalue weighted by Gasteiger charge is -2.11. The molecule has 1 aromatic heterocycles. The number of thioether (sulfide) groups is 1. The Kier molecular flexibility index (Phi) is 3.03. The van der Waals surface area contributed by atoms with E-state index >= 15 is 0 Å². The molecule has 84 valence electrons. The summed E-state index contributed by atoms with van der Waals surface area (Å²) in [5, 5.41) is 3.45. The number of rotatable bonds is 3. The minimum atomic E-state index is -3.21. The number of sulfone groups is 1. The summed E-state index contributed by atoms with van der Waals surface area (Å²) in [6, 6.07) is 0.338. The van der Waals surface area contributed by atoms with E-state index in [0.717, 1.165) is 11.6 Å². The Morgan fingerprint density at radius 3 is 3.13 bits per heavy atom. The van der Waals surface area contributed by atoms with Crippen molar-refractivity contribution in [2.75, 3.05) is 17.9 Å². The van der Waals surface area contributed by atoms with E-state index in [0.29, 0.717) is 12.6 Å². The predicted octanol–water partition coefficient (Wildman–Crippen LogP) is -0.0509. The first-order chi connectivity index (χ1) is 7.07. The van der Waals surface area contributed by atoms with Gasteiger partial charge in [0.05, 0.1) is 0 Å². The molecule has 1 atom stereocenters. The van der Waals surface area contributed by atoms with Crippen molar-refractivity contribution in [2.45, 2.75) is 17.7 Å². The Morgan fingerprint density at radius 1 is 1.73 bits per heavy atom. The first kappa shape index (κ1) is 11.0. The number of hydrogen-bond donors (Lipinski definition) is 1. The molecule has 1 saturated heterocycles. The molecular formula is C8H13N3O2S2. The van der Waals surface area contributed by atoms with Crippen molar-refractivity contribution in [3.8, 4) is 0 Å². The van der Waals surface area contributed by atoms with E-state index in [-0.39, 0.29) is 5.16 Å². The first-order valence-corrected chi connectivity index (χ1v) is 7.64. The van der Waals surface area contributed by atoms with Crippen LogP contribution in [0.25, 0.3) is 0 Å². The summed E-state index contributed by atoms with van der Waals surface area (Å²) in [5.41, 5.74) is 0. The van der Waals surface area contributed by atoms with E-state index < -0.39 is 9.84 Å². The van der Waals surface area contributed by atoms with Gasteiger partial charge in [0.1, 0.15) is 0 Å². The summed E-state index contributed by atoms with van der Waals surface area (Å²) in [7, 11) is -3.21. The molecule has 0 aromatic carbocycles. The number of imidazole rings is 1. The van der Waals surface area contributed by atoms with Gasteiger partial charge in [0, 0.05) is 42.9 Å². The van der Waals surface area contributed by atoms with Gasteiger partial charge in [-0.05, 0) is 0 Å². The topological polar surface area (TPSA) is 64.0 Å². The molecule has 15 heavy (non-hydrogen) atoms. The van der Waals surface area contributed by atoms with Crippen LogP contribution in [0.1, 0.15) is 0 Å². The molecule has 7 heteroatoms. The lowest BCUT2D eigenvalue weighted by atomic mass is 10.3. The molecule has 1 aliphatic heterocycles. The number of hydrogen-bond acceptors (Lipinski definition) is 5. The van der Waals surface area contributed by atoms with Crippen molar-refractivity contribution >= 4 is 21.6 Å².